The third-order valence-electron chi connectivity index (χ3n) is 5.71. The Balaban J connectivity index is 1.36. The minimum atomic E-state index is -2.99. The van der Waals surface area contributed by atoms with Crippen molar-refractivity contribution in [2.75, 3.05) is 23.3 Å². The molecule has 1 saturated heterocycles. The first-order valence-corrected chi connectivity index (χ1v) is 10.8. The molecule has 2 aromatic heterocycles. The number of carbonyl (C=O) groups is 1. The van der Waals surface area contributed by atoms with E-state index >= 15 is 0 Å². The number of amides is 2. The highest BCUT2D eigenvalue weighted by Gasteiger charge is 2.28. The van der Waals surface area contributed by atoms with Gasteiger partial charge in [-0.15, -0.1) is 0 Å². The minimum Gasteiger partial charge on any atom is -0.355 e. The van der Waals surface area contributed by atoms with Gasteiger partial charge in [-0.2, -0.15) is 0 Å². The monoisotopic (exact) mass is 459 g/mol. The Morgan fingerprint density at radius 1 is 1.19 bits per heavy atom. The van der Waals surface area contributed by atoms with Crippen molar-refractivity contribution in [3.8, 4) is 0 Å². The number of hydrogen-bond donors (Lipinski definition) is 2. The Kier molecular flexibility index (Phi) is 6.15. The van der Waals surface area contributed by atoms with E-state index in [9.17, 15) is 13.6 Å². The molecule has 32 heavy (non-hydrogen) atoms. The SMILES string of the molecule is Cc1nccc2c(NC(=O)NC3CCN(c4ncc(C(C)(F)F)cc4Cl)CC3)cccc12. The molecular weight excluding hydrogens is 436 g/mol. The number of piperidine rings is 1. The third kappa shape index (κ3) is 4.75. The van der Waals surface area contributed by atoms with Crippen LogP contribution in [0.25, 0.3) is 10.8 Å². The van der Waals surface area contributed by atoms with Crippen molar-refractivity contribution in [1.82, 2.24) is 15.3 Å². The first-order chi connectivity index (χ1) is 15.2. The van der Waals surface area contributed by atoms with Gasteiger partial charge in [0.15, 0.2) is 0 Å². The Morgan fingerprint density at radius 2 is 1.94 bits per heavy atom. The van der Waals surface area contributed by atoms with Crippen LogP contribution in [0.5, 0.6) is 0 Å². The number of hydrogen-bond acceptors (Lipinski definition) is 4. The number of aryl methyl sites for hydroxylation is 1. The Bertz CT molecular complexity index is 1140. The highest BCUT2D eigenvalue weighted by molar-refractivity contribution is 6.33. The largest absolute Gasteiger partial charge is 0.355 e. The van der Waals surface area contributed by atoms with E-state index in [-0.39, 0.29) is 22.7 Å². The molecule has 1 fully saturated rings. The molecule has 168 valence electrons. The summed E-state index contributed by atoms with van der Waals surface area (Å²) in [7, 11) is 0. The zero-order valence-electron chi connectivity index (χ0n) is 17.8. The van der Waals surface area contributed by atoms with Crippen LogP contribution in [0.2, 0.25) is 5.02 Å². The second kappa shape index (κ2) is 8.86. The molecule has 2 amide bonds. The van der Waals surface area contributed by atoms with Crippen molar-refractivity contribution >= 4 is 39.9 Å². The van der Waals surface area contributed by atoms with Crippen LogP contribution in [0.1, 0.15) is 31.0 Å². The normalized spacial score (nSPS) is 15.1. The fraction of sp³-hybridized carbons (Fsp3) is 0.348. The first-order valence-electron chi connectivity index (χ1n) is 10.4. The topological polar surface area (TPSA) is 70.2 Å². The Labute approximate surface area is 190 Å². The van der Waals surface area contributed by atoms with Gasteiger partial charge in [0, 0.05) is 60.5 Å². The quantitative estimate of drug-likeness (QED) is 0.541. The maximum absolute atomic E-state index is 13.5. The second-order valence-electron chi connectivity index (χ2n) is 8.07. The average molecular weight is 460 g/mol. The highest BCUT2D eigenvalue weighted by Crippen LogP contribution is 2.33. The van der Waals surface area contributed by atoms with Gasteiger partial charge < -0.3 is 15.5 Å². The number of rotatable bonds is 4. The third-order valence-corrected chi connectivity index (χ3v) is 5.99. The molecule has 0 aliphatic carbocycles. The summed E-state index contributed by atoms with van der Waals surface area (Å²) in [6, 6.07) is 8.60. The van der Waals surface area contributed by atoms with Gasteiger partial charge in [-0.3, -0.25) is 4.98 Å². The maximum Gasteiger partial charge on any atom is 0.319 e. The van der Waals surface area contributed by atoms with E-state index in [2.05, 4.69) is 20.6 Å². The number of nitrogens with zero attached hydrogens (tertiary/aromatic N) is 3. The van der Waals surface area contributed by atoms with E-state index < -0.39 is 5.92 Å². The fourth-order valence-corrected chi connectivity index (χ4v) is 4.23. The molecule has 0 radical (unpaired) electrons. The van der Waals surface area contributed by atoms with Gasteiger partial charge in [-0.1, -0.05) is 23.7 Å². The summed E-state index contributed by atoms with van der Waals surface area (Å²) in [5.74, 6) is -2.50. The summed E-state index contributed by atoms with van der Waals surface area (Å²) >= 11 is 6.22. The lowest BCUT2D eigenvalue weighted by atomic mass is 10.0. The summed E-state index contributed by atoms with van der Waals surface area (Å²) in [4.78, 5) is 23.0. The summed E-state index contributed by atoms with van der Waals surface area (Å²) in [6.07, 6.45) is 4.27. The lowest BCUT2D eigenvalue weighted by Crippen LogP contribution is -2.46. The molecule has 0 atom stereocenters. The maximum atomic E-state index is 13.5. The fourth-order valence-electron chi connectivity index (χ4n) is 3.95. The van der Waals surface area contributed by atoms with Crippen LogP contribution in [0.4, 0.5) is 25.1 Å². The van der Waals surface area contributed by atoms with Crippen molar-refractivity contribution < 1.29 is 13.6 Å². The van der Waals surface area contributed by atoms with Crippen LogP contribution in [-0.4, -0.2) is 35.1 Å². The molecule has 3 heterocycles. The van der Waals surface area contributed by atoms with Crippen molar-refractivity contribution in [3.63, 3.8) is 0 Å². The van der Waals surface area contributed by atoms with Crippen LogP contribution in [0, 0.1) is 6.92 Å². The van der Waals surface area contributed by atoms with Gasteiger partial charge in [-0.25, -0.2) is 18.6 Å². The van der Waals surface area contributed by atoms with Gasteiger partial charge in [0.1, 0.15) is 5.82 Å². The van der Waals surface area contributed by atoms with E-state index in [1.54, 1.807) is 6.20 Å². The first kappa shape index (κ1) is 22.2. The van der Waals surface area contributed by atoms with Crippen molar-refractivity contribution in [1.29, 1.82) is 0 Å². The van der Waals surface area contributed by atoms with Crippen molar-refractivity contribution in [2.24, 2.45) is 0 Å². The number of halogens is 3. The molecule has 2 N–H and O–H groups in total. The molecule has 0 saturated carbocycles. The van der Waals surface area contributed by atoms with Crippen LogP contribution in [-0.2, 0) is 5.92 Å². The number of benzene rings is 1. The number of carbonyl (C=O) groups excluding carboxylic acids is 1. The van der Waals surface area contributed by atoms with Crippen LogP contribution in [0.15, 0.2) is 42.7 Å². The van der Waals surface area contributed by atoms with Gasteiger partial charge in [0.2, 0.25) is 0 Å². The number of anilines is 2. The van der Waals surface area contributed by atoms with E-state index in [0.717, 1.165) is 29.1 Å². The van der Waals surface area contributed by atoms with Gasteiger partial charge in [-0.05, 0) is 38.0 Å². The standard InChI is InChI=1S/C23H24ClF2N5O/c1-14-17-4-3-5-20(18(17)6-9-27-14)30-22(32)29-16-7-10-31(11-8-16)21-19(24)12-15(13-28-21)23(2,25)26/h3-6,9,12-13,16H,7-8,10-11H2,1-2H3,(H2,29,30,32). The van der Waals surface area contributed by atoms with E-state index in [0.29, 0.717) is 31.7 Å². The predicted molar refractivity (Wildman–Crippen MR) is 123 cm³/mol. The summed E-state index contributed by atoms with van der Waals surface area (Å²) in [5, 5.41) is 8.09. The lowest BCUT2D eigenvalue weighted by molar-refractivity contribution is 0.0171. The summed E-state index contributed by atoms with van der Waals surface area (Å²) in [5.41, 5.74) is 1.42. The molecule has 0 unspecified atom stereocenters. The molecule has 0 spiro atoms. The van der Waals surface area contributed by atoms with Crippen LogP contribution >= 0.6 is 11.6 Å². The number of aromatic nitrogens is 2. The zero-order valence-corrected chi connectivity index (χ0v) is 18.6. The number of fused-ring (bicyclic) bond motifs is 1. The van der Waals surface area contributed by atoms with Crippen molar-refractivity contribution in [3.05, 3.63) is 59.0 Å². The molecule has 0 bridgehead atoms. The van der Waals surface area contributed by atoms with E-state index in [4.69, 9.17) is 11.6 Å². The van der Waals surface area contributed by atoms with E-state index in [1.165, 1.54) is 12.3 Å². The molecule has 1 aliphatic heterocycles. The summed E-state index contributed by atoms with van der Waals surface area (Å²) in [6.45, 7) is 3.97. The highest BCUT2D eigenvalue weighted by atomic mass is 35.5. The molecule has 9 heteroatoms. The number of alkyl halides is 2. The van der Waals surface area contributed by atoms with Gasteiger partial charge in [0.25, 0.3) is 5.92 Å². The molecule has 1 aliphatic rings. The Morgan fingerprint density at radius 3 is 2.62 bits per heavy atom. The molecule has 6 nitrogen and oxygen atoms in total. The predicted octanol–water partition coefficient (Wildman–Crippen LogP) is 5.49. The number of nitrogens with one attached hydrogen (secondary N) is 2. The minimum absolute atomic E-state index is 0.0114. The van der Waals surface area contributed by atoms with Gasteiger partial charge >= 0.3 is 6.03 Å². The number of pyridine rings is 2. The average Bonchev–Trinajstić information content (AvgIpc) is 2.74. The lowest BCUT2D eigenvalue weighted by Gasteiger charge is -2.33. The molecule has 4 rings (SSSR count). The van der Waals surface area contributed by atoms with E-state index in [1.807, 2.05) is 36.1 Å². The molecule has 3 aromatic rings. The zero-order chi connectivity index (χ0) is 22.9. The van der Waals surface area contributed by atoms with Crippen molar-refractivity contribution in [2.45, 2.75) is 38.7 Å². The van der Waals surface area contributed by atoms with Crippen LogP contribution in [0.3, 0.4) is 0 Å². The molecule has 1 aromatic carbocycles. The second-order valence-corrected chi connectivity index (χ2v) is 8.48. The van der Waals surface area contributed by atoms with Crippen LogP contribution < -0.4 is 15.5 Å². The number of urea groups is 1. The Hall–Kier alpha value is -3.00. The summed E-state index contributed by atoms with van der Waals surface area (Å²) < 4.78 is 27.0. The smallest absolute Gasteiger partial charge is 0.319 e. The van der Waals surface area contributed by atoms with Gasteiger partial charge in [0.05, 0.1) is 10.7 Å². The molecular formula is C23H24ClF2N5O.